The molecule has 0 saturated heterocycles. The third kappa shape index (κ3) is 5.77. The molecule has 0 bridgehead atoms. The fraction of sp³-hybridized carbons (Fsp3) is 0.367. The van der Waals surface area contributed by atoms with Crippen LogP contribution in [0.3, 0.4) is 0 Å². The third-order valence-electron chi connectivity index (χ3n) is 7.13. The lowest BCUT2D eigenvalue weighted by molar-refractivity contribution is -0.132. The Morgan fingerprint density at radius 3 is 2.54 bits per heavy atom. The van der Waals surface area contributed by atoms with Crippen LogP contribution in [0, 0.1) is 11.8 Å². The van der Waals surface area contributed by atoms with Crippen LogP contribution in [0.25, 0.3) is 10.9 Å². The van der Waals surface area contributed by atoms with E-state index in [4.69, 9.17) is 14.6 Å². The maximum Gasteiger partial charge on any atom is 0.243 e. The minimum atomic E-state index is -0.0552. The van der Waals surface area contributed by atoms with Crippen LogP contribution < -0.4 is 14.9 Å². The zero-order chi connectivity index (χ0) is 27.4. The van der Waals surface area contributed by atoms with Gasteiger partial charge in [-0.3, -0.25) is 14.6 Å². The van der Waals surface area contributed by atoms with Crippen LogP contribution in [0.2, 0.25) is 0 Å². The molecule has 0 spiro atoms. The zero-order valence-electron chi connectivity index (χ0n) is 22.5. The monoisotopic (exact) mass is 527 g/mol. The molecule has 39 heavy (non-hydrogen) atoms. The molecule has 2 unspecified atom stereocenters. The van der Waals surface area contributed by atoms with Crippen LogP contribution in [-0.2, 0) is 9.59 Å². The van der Waals surface area contributed by atoms with Crippen LogP contribution in [0.5, 0.6) is 11.5 Å². The number of amides is 2. The summed E-state index contributed by atoms with van der Waals surface area (Å²) in [6, 6.07) is 15.6. The number of benzene rings is 2. The number of hydrogen-bond acceptors (Lipinski definition) is 7. The van der Waals surface area contributed by atoms with Crippen molar-refractivity contribution in [2.45, 2.75) is 39.5 Å². The molecule has 0 saturated carbocycles. The second kappa shape index (κ2) is 11.6. The number of ether oxygens (including phenoxy) is 2. The predicted molar refractivity (Wildman–Crippen MR) is 150 cm³/mol. The molecule has 9 nitrogen and oxygen atoms in total. The number of aromatic nitrogens is 1. The summed E-state index contributed by atoms with van der Waals surface area (Å²) in [5.41, 5.74) is 7.06. The first kappa shape index (κ1) is 26.3. The zero-order valence-corrected chi connectivity index (χ0v) is 22.5. The van der Waals surface area contributed by atoms with Gasteiger partial charge >= 0.3 is 0 Å². The Morgan fingerprint density at radius 1 is 0.974 bits per heavy atom. The van der Waals surface area contributed by atoms with E-state index in [0.29, 0.717) is 31.7 Å². The Balaban J connectivity index is 1.18. The van der Waals surface area contributed by atoms with Crippen molar-refractivity contribution in [2.75, 3.05) is 20.3 Å². The Kier molecular flexibility index (Phi) is 7.86. The van der Waals surface area contributed by atoms with Gasteiger partial charge in [0, 0.05) is 48.4 Å². The minimum Gasteiger partial charge on any atom is -0.494 e. The van der Waals surface area contributed by atoms with Crippen molar-refractivity contribution in [1.29, 1.82) is 0 Å². The highest BCUT2D eigenvalue weighted by molar-refractivity contribution is 6.14. The van der Waals surface area contributed by atoms with E-state index >= 15 is 0 Å². The second-order valence-electron chi connectivity index (χ2n) is 10.0. The van der Waals surface area contributed by atoms with E-state index in [1.54, 1.807) is 18.3 Å². The first-order valence-corrected chi connectivity index (χ1v) is 13.3. The largest absolute Gasteiger partial charge is 0.494 e. The van der Waals surface area contributed by atoms with Crippen LogP contribution in [0.1, 0.15) is 50.7 Å². The number of hydrogen-bond donors (Lipinski definition) is 1. The highest BCUT2D eigenvalue weighted by Gasteiger charge is 2.28. The maximum absolute atomic E-state index is 12.8. The van der Waals surface area contributed by atoms with Gasteiger partial charge in [0.2, 0.25) is 11.8 Å². The summed E-state index contributed by atoms with van der Waals surface area (Å²) in [5, 5.41) is 11.6. The standard InChI is InChI=1S/C30H33N5O4/c1-19-17-26(36)32-33-28(19)21-8-10-22(11-9-21)39-16-5-4-15-35-27(37)18-20(2)29(34-35)24-12-13-25(38-3)30-23(24)7-6-14-31-30/h6-14,19-20H,4-5,15-18H2,1-3H3,(H,32,36). The predicted octanol–water partition coefficient (Wildman–Crippen LogP) is 4.54. The summed E-state index contributed by atoms with van der Waals surface area (Å²) in [4.78, 5) is 28.7. The lowest BCUT2D eigenvalue weighted by Gasteiger charge is -2.28. The molecule has 3 aromatic rings. The van der Waals surface area contributed by atoms with Crippen molar-refractivity contribution >= 4 is 34.1 Å². The highest BCUT2D eigenvalue weighted by atomic mass is 16.5. The molecule has 0 radical (unpaired) electrons. The van der Waals surface area contributed by atoms with E-state index in [1.165, 1.54) is 0 Å². The molecule has 2 aromatic carbocycles. The van der Waals surface area contributed by atoms with E-state index in [9.17, 15) is 9.59 Å². The van der Waals surface area contributed by atoms with Crippen molar-refractivity contribution in [3.8, 4) is 11.5 Å². The quantitative estimate of drug-likeness (QED) is 0.412. The van der Waals surface area contributed by atoms with Gasteiger partial charge in [0.15, 0.2) is 0 Å². The number of unbranched alkanes of at least 4 members (excludes halogenated alkanes) is 1. The van der Waals surface area contributed by atoms with Crippen LogP contribution >= 0.6 is 0 Å². The number of nitrogens with zero attached hydrogens (tertiary/aromatic N) is 4. The van der Waals surface area contributed by atoms with E-state index in [-0.39, 0.29) is 23.7 Å². The van der Waals surface area contributed by atoms with Gasteiger partial charge in [-0.2, -0.15) is 10.2 Å². The molecule has 5 rings (SSSR count). The topological polar surface area (TPSA) is 105 Å². The SMILES string of the molecule is COc1ccc(C2=NN(CCCCOc3ccc(C4=NNC(=O)CC4C)cc3)C(=O)CC2C)c2cccnc12. The van der Waals surface area contributed by atoms with Gasteiger partial charge in [-0.15, -0.1) is 0 Å². The number of carbonyl (C=O) groups excluding carboxylic acids is 2. The molecule has 1 aromatic heterocycles. The molecule has 2 amide bonds. The lowest BCUT2D eigenvalue weighted by Crippen LogP contribution is -2.37. The number of carbonyl (C=O) groups is 2. The normalized spacial score (nSPS) is 19.4. The number of fused-ring (bicyclic) bond motifs is 1. The maximum atomic E-state index is 12.8. The van der Waals surface area contributed by atoms with E-state index in [0.717, 1.165) is 52.0 Å². The van der Waals surface area contributed by atoms with Crippen LogP contribution in [0.4, 0.5) is 0 Å². The first-order chi connectivity index (χ1) is 18.9. The molecule has 2 aliphatic rings. The highest BCUT2D eigenvalue weighted by Crippen LogP contribution is 2.31. The van der Waals surface area contributed by atoms with Crippen LogP contribution in [0.15, 0.2) is 64.9 Å². The van der Waals surface area contributed by atoms with Crippen molar-refractivity contribution in [3.63, 3.8) is 0 Å². The fourth-order valence-corrected chi connectivity index (χ4v) is 5.06. The van der Waals surface area contributed by atoms with Gasteiger partial charge in [0.05, 0.1) is 25.1 Å². The van der Waals surface area contributed by atoms with E-state index in [1.807, 2.05) is 62.4 Å². The molecule has 202 valence electrons. The summed E-state index contributed by atoms with van der Waals surface area (Å²) in [7, 11) is 1.64. The van der Waals surface area contributed by atoms with Gasteiger partial charge < -0.3 is 9.47 Å². The van der Waals surface area contributed by atoms with Crippen molar-refractivity contribution in [2.24, 2.45) is 22.0 Å². The number of hydrazone groups is 2. The fourth-order valence-electron chi connectivity index (χ4n) is 5.06. The summed E-state index contributed by atoms with van der Waals surface area (Å²) in [5.74, 6) is 1.56. The Bertz CT molecular complexity index is 1430. The molecule has 3 heterocycles. The number of rotatable bonds is 9. The first-order valence-electron chi connectivity index (χ1n) is 13.3. The van der Waals surface area contributed by atoms with E-state index in [2.05, 4.69) is 15.5 Å². The average Bonchev–Trinajstić information content (AvgIpc) is 2.94. The van der Waals surface area contributed by atoms with Gasteiger partial charge in [-0.1, -0.05) is 19.9 Å². The minimum absolute atomic E-state index is 0.00989. The van der Waals surface area contributed by atoms with Crippen molar-refractivity contribution < 1.29 is 19.1 Å². The summed E-state index contributed by atoms with van der Waals surface area (Å²) in [6.45, 7) is 5.11. The number of pyridine rings is 1. The lowest BCUT2D eigenvalue weighted by atomic mass is 9.91. The van der Waals surface area contributed by atoms with Gasteiger partial charge in [-0.05, 0) is 60.9 Å². The number of nitrogens with one attached hydrogen (secondary N) is 1. The second-order valence-corrected chi connectivity index (χ2v) is 10.0. The molecular weight excluding hydrogens is 494 g/mol. The van der Waals surface area contributed by atoms with Crippen molar-refractivity contribution in [3.05, 3.63) is 65.9 Å². The summed E-state index contributed by atoms with van der Waals surface area (Å²) < 4.78 is 11.4. The van der Waals surface area contributed by atoms with Crippen molar-refractivity contribution in [1.82, 2.24) is 15.4 Å². The molecule has 0 aliphatic carbocycles. The molecular formula is C30H33N5O4. The Labute approximate surface area is 227 Å². The van der Waals surface area contributed by atoms with Gasteiger partial charge in [0.25, 0.3) is 0 Å². The summed E-state index contributed by atoms with van der Waals surface area (Å²) >= 11 is 0. The third-order valence-corrected chi connectivity index (χ3v) is 7.13. The van der Waals surface area contributed by atoms with E-state index < -0.39 is 0 Å². The van der Waals surface area contributed by atoms with Crippen LogP contribution in [-0.4, -0.2) is 53.5 Å². The summed E-state index contributed by atoms with van der Waals surface area (Å²) in [6.07, 6.45) is 4.17. The number of methoxy groups -OCH3 is 1. The Hall–Kier alpha value is -4.27. The van der Waals surface area contributed by atoms with Gasteiger partial charge in [-0.25, -0.2) is 10.4 Å². The van der Waals surface area contributed by atoms with Gasteiger partial charge in [0.1, 0.15) is 17.0 Å². The molecule has 9 heteroatoms. The smallest absolute Gasteiger partial charge is 0.243 e. The Morgan fingerprint density at radius 2 is 1.77 bits per heavy atom. The average molecular weight is 528 g/mol. The molecule has 2 atom stereocenters. The molecule has 2 aliphatic heterocycles. The molecule has 0 fully saturated rings. The molecule has 1 N–H and O–H groups in total.